The smallest absolute Gasteiger partial charge is 0.267 e. The van der Waals surface area contributed by atoms with Gasteiger partial charge >= 0.3 is 0 Å². The summed E-state index contributed by atoms with van der Waals surface area (Å²) in [5, 5.41) is 24.2. The van der Waals surface area contributed by atoms with Crippen molar-refractivity contribution in [3.63, 3.8) is 0 Å². The number of hydrogen-bond donors (Lipinski definition) is 1. The number of aryl methyl sites for hydroxylation is 1. The van der Waals surface area contributed by atoms with Crippen molar-refractivity contribution in [1.82, 2.24) is 20.0 Å². The molecule has 33 heavy (non-hydrogen) atoms. The lowest BCUT2D eigenvalue weighted by Crippen LogP contribution is -2.33. The van der Waals surface area contributed by atoms with Crippen LogP contribution < -0.4 is 5.56 Å². The van der Waals surface area contributed by atoms with Gasteiger partial charge in [-0.3, -0.25) is 9.48 Å². The molecule has 0 spiro atoms. The van der Waals surface area contributed by atoms with Gasteiger partial charge in [0, 0.05) is 33.5 Å². The number of benzene rings is 2. The highest BCUT2D eigenvalue weighted by atomic mass is 32.1. The molecule has 3 heterocycles. The van der Waals surface area contributed by atoms with Gasteiger partial charge in [-0.05, 0) is 36.6 Å². The molecule has 162 valence electrons. The Hall–Kier alpha value is -3.76. The Bertz CT molecular complexity index is 1660. The number of nitrogens with zero attached hydrogens (tertiary/aromatic N) is 4. The molecule has 2 aromatic carbocycles. The number of rotatable bonds is 3. The molecule has 3 aromatic heterocycles. The Morgan fingerprint density at radius 1 is 1.15 bits per heavy atom. The second-order valence-electron chi connectivity index (χ2n) is 9.02. The fourth-order valence-electron chi connectivity index (χ4n) is 4.98. The van der Waals surface area contributed by atoms with Crippen molar-refractivity contribution in [2.24, 2.45) is 7.05 Å². The Balaban J connectivity index is 1.60. The minimum atomic E-state index is -0.175. The van der Waals surface area contributed by atoms with Crippen LogP contribution in [0.15, 0.2) is 53.5 Å². The molecular formula is C26H21N5OS. The van der Waals surface area contributed by atoms with Crippen LogP contribution in [0.2, 0.25) is 0 Å². The number of thiophene rings is 1. The van der Waals surface area contributed by atoms with Crippen molar-refractivity contribution in [3.05, 3.63) is 70.3 Å². The Morgan fingerprint density at radius 3 is 2.73 bits per heavy atom. The third kappa shape index (κ3) is 2.87. The van der Waals surface area contributed by atoms with Gasteiger partial charge in [-0.25, -0.2) is 5.10 Å². The minimum absolute atomic E-state index is 0.0156. The predicted octanol–water partition coefficient (Wildman–Crippen LogP) is 5.52. The maximum atomic E-state index is 12.5. The number of fused-ring (bicyclic) bond motifs is 2. The monoisotopic (exact) mass is 451 g/mol. The summed E-state index contributed by atoms with van der Waals surface area (Å²) >= 11 is 1.60. The van der Waals surface area contributed by atoms with E-state index < -0.39 is 0 Å². The first-order valence-electron chi connectivity index (χ1n) is 11.0. The van der Waals surface area contributed by atoms with Crippen LogP contribution in [-0.2, 0) is 12.5 Å². The van der Waals surface area contributed by atoms with Gasteiger partial charge in [0.2, 0.25) is 0 Å². The SMILES string of the molecule is Cn1ncc(-c2ccc3c(=O)[nH]nc(C4(C)CCC4)c3c2)c1-c1sc2ccccc2c1C#N. The fraction of sp³-hybridized carbons (Fsp3) is 0.231. The Labute approximate surface area is 194 Å². The molecular weight excluding hydrogens is 430 g/mol. The zero-order valence-electron chi connectivity index (χ0n) is 18.3. The highest BCUT2D eigenvalue weighted by Gasteiger charge is 2.37. The van der Waals surface area contributed by atoms with Crippen LogP contribution >= 0.6 is 11.3 Å². The number of hydrogen-bond acceptors (Lipinski definition) is 5. The Kier molecular flexibility index (Phi) is 4.29. The van der Waals surface area contributed by atoms with Crippen LogP contribution in [0.1, 0.15) is 37.4 Å². The van der Waals surface area contributed by atoms with E-state index in [2.05, 4.69) is 34.4 Å². The van der Waals surface area contributed by atoms with Crippen LogP contribution in [-0.4, -0.2) is 20.0 Å². The van der Waals surface area contributed by atoms with Gasteiger partial charge in [0.25, 0.3) is 5.56 Å². The van der Waals surface area contributed by atoms with Gasteiger partial charge in [0.1, 0.15) is 6.07 Å². The highest BCUT2D eigenvalue weighted by molar-refractivity contribution is 7.22. The van der Waals surface area contributed by atoms with Crippen molar-refractivity contribution >= 4 is 32.2 Å². The summed E-state index contributed by atoms with van der Waals surface area (Å²) in [5.41, 5.74) is 4.23. The molecule has 1 aliphatic carbocycles. The quantitative estimate of drug-likeness (QED) is 0.391. The summed E-state index contributed by atoms with van der Waals surface area (Å²) in [5.74, 6) is 0. The molecule has 1 saturated carbocycles. The number of aromatic nitrogens is 4. The molecule has 0 unspecified atom stereocenters. The Morgan fingerprint density at radius 2 is 1.97 bits per heavy atom. The van der Waals surface area contributed by atoms with E-state index in [9.17, 15) is 10.1 Å². The third-order valence-corrected chi connectivity index (χ3v) is 8.17. The van der Waals surface area contributed by atoms with E-state index in [4.69, 9.17) is 0 Å². The van der Waals surface area contributed by atoms with Gasteiger partial charge in [0.15, 0.2) is 0 Å². The molecule has 6 rings (SSSR count). The molecule has 6 nitrogen and oxygen atoms in total. The molecule has 1 fully saturated rings. The second kappa shape index (κ2) is 7.12. The molecule has 0 saturated heterocycles. The van der Waals surface area contributed by atoms with Crippen LogP contribution in [0.3, 0.4) is 0 Å². The van der Waals surface area contributed by atoms with Gasteiger partial charge < -0.3 is 0 Å². The maximum Gasteiger partial charge on any atom is 0.272 e. The first-order valence-corrected chi connectivity index (χ1v) is 11.8. The van der Waals surface area contributed by atoms with E-state index in [0.29, 0.717) is 10.9 Å². The normalized spacial score (nSPS) is 14.9. The van der Waals surface area contributed by atoms with Crippen molar-refractivity contribution in [3.8, 4) is 27.8 Å². The zero-order chi connectivity index (χ0) is 22.7. The zero-order valence-corrected chi connectivity index (χ0v) is 19.2. The molecule has 0 radical (unpaired) electrons. The summed E-state index contributed by atoms with van der Waals surface area (Å²) in [6.45, 7) is 2.22. The lowest BCUT2D eigenvalue weighted by molar-refractivity contribution is 0.265. The number of H-pyrrole nitrogens is 1. The first-order chi connectivity index (χ1) is 16.0. The van der Waals surface area contributed by atoms with Gasteiger partial charge in [0.05, 0.1) is 33.4 Å². The molecule has 7 heteroatoms. The van der Waals surface area contributed by atoms with Crippen LogP contribution in [0, 0.1) is 11.3 Å². The van der Waals surface area contributed by atoms with E-state index in [1.807, 2.05) is 54.3 Å². The van der Waals surface area contributed by atoms with E-state index in [-0.39, 0.29) is 11.0 Å². The molecule has 0 aliphatic heterocycles. The molecule has 0 bridgehead atoms. The number of nitriles is 1. The topological polar surface area (TPSA) is 87.4 Å². The van der Waals surface area contributed by atoms with Crippen molar-refractivity contribution < 1.29 is 0 Å². The largest absolute Gasteiger partial charge is 0.272 e. The molecule has 5 aromatic rings. The molecule has 0 atom stereocenters. The summed E-state index contributed by atoms with van der Waals surface area (Å²) in [6, 6.07) is 16.3. The van der Waals surface area contributed by atoms with Gasteiger partial charge in [-0.2, -0.15) is 15.5 Å². The molecule has 1 aliphatic rings. The summed E-state index contributed by atoms with van der Waals surface area (Å²) in [7, 11) is 1.90. The lowest BCUT2D eigenvalue weighted by Gasteiger charge is -2.38. The number of nitrogens with one attached hydrogen (secondary N) is 1. The third-order valence-electron chi connectivity index (χ3n) is 6.99. The summed E-state index contributed by atoms with van der Waals surface area (Å²) in [4.78, 5) is 13.4. The van der Waals surface area contributed by atoms with Crippen molar-refractivity contribution in [2.75, 3.05) is 0 Å². The molecule has 1 N–H and O–H groups in total. The number of aromatic amines is 1. The molecule has 0 amide bonds. The lowest BCUT2D eigenvalue weighted by atomic mass is 9.67. The van der Waals surface area contributed by atoms with Crippen LogP contribution in [0.5, 0.6) is 0 Å². The van der Waals surface area contributed by atoms with Crippen molar-refractivity contribution in [1.29, 1.82) is 5.26 Å². The van der Waals surface area contributed by atoms with Gasteiger partial charge in [-0.15, -0.1) is 11.3 Å². The van der Waals surface area contributed by atoms with Crippen LogP contribution in [0.4, 0.5) is 0 Å². The highest BCUT2D eigenvalue weighted by Crippen LogP contribution is 2.46. The minimum Gasteiger partial charge on any atom is -0.267 e. The van der Waals surface area contributed by atoms with E-state index in [0.717, 1.165) is 55.7 Å². The summed E-state index contributed by atoms with van der Waals surface area (Å²) < 4.78 is 2.90. The van der Waals surface area contributed by atoms with E-state index in [1.165, 1.54) is 6.42 Å². The maximum absolute atomic E-state index is 12.5. The van der Waals surface area contributed by atoms with Gasteiger partial charge in [-0.1, -0.05) is 37.6 Å². The van der Waals surface area contributed by atoms with E-state index in [1.54, 1.807) is 11.3 Å². The average Bonchev–Trinajstić information content (AvgIpc) is 3.37. The first kappa shape index (κ1) is 19.9. The van der Waals surface area contributed by atoms with Crippen molar-refractivity contribution in [2.45, 2.75) is 31.6 Å². The standard InChI is InChI=1S/C26H21N5OS/c1-26(10-5-11-26)24-18-12-15(8-9-17(18)25(32)30-29-24)20-14-28-31(2)22(20)23-19(13-27)16-6-3-4-7-21(16)33-23/h3-4,6-9,12,14H,5,10-11H2,1-2H3,(H,30,32). The second-order valence-corrected chi connectivity index (χ2v) is 10.1. The summed E-state index contributed by atoms with van der Waals surface area (Å²) in [6.07, 6.45) is 5.15. The average molecular weight is 452 g/mol. The van der Waals surface area contributed by atoms with Crippen LogP contribution in [0.25, 0.3) is 42.6 Å². The van der Waals surface area contributed by atoms with E-state index >= 15 is 0 Å². The predicted molar refractivity (Wildman–Crippen MR) is 131 cm³/mol. The fourth-order valence-corrected chi connectivity index (χ4v) is 6.22.